The van der Waals surface area contributed by atoms with Crippen LogP contribution in [0.3, 0.4) is 0 Å². The molecule has 3 aromatic rings. The van der Waals surface area contributed by atoms with E-state index < -0.39 is 0 Å². The fraction of sp³-hybridized carbons (Fsp3) is 0.300. The SMILES string of the molecule is Cc1cccn2c(=O)cc(CN(C)[C@H]3CCc4ccccc43)nc12. The molecular weight excluding hydrogens is 298 g/mol. The average molecular weight is 319 g/mol. The van der Waals surface area contributed by atoms with E-state index in [1.165, 1.54) is 11.1 Å². The van der Waals surface area contributed by atoms with Gasteiger partial charge < -0.3 is 0 Å². The second-order valence-electron chi connectivity index (χ2n) is 6.64. The number of aromatic nitrogens is 2. The third-order valence-corrected chi connectivity index (χ3v) is 4.98. The Morgan fingerprint density at radius 3 is 2.96 bits per heavy atom. The highest BCUT2D eigenvalue weighted by molar-refractivity contribution is 5.46. The zero-order valence-corrected chi connectivity index (χ0v) is 14.1. The van der Waals surface area contributed by atoms with Crippen LogP contribution in [-0.4, -0.2) is 21.3 Å². The Balaban J connectivity index is 1.65. The summed E-state index contributed by atoms with van der Waals surface area (Å²) in [6.45, 7) is 2.67. The maximum absolute atomic E-state index is 12.4. The molecule has 0 N–H and O–H groups in total. The minimum absolute atomic E-state index is 0.0149. The standard InChI is InChI=1S/C20H21N3O/c1-14-6-5-11-23-19(24)12-16(21-20(14)23)13-22(2)18-10-9-15-7-3-4-8-17(15)18/h3-8,11-12,18H,9-10,13H2,1-2H3/t18-/m0/s1. The molecule has 0 radical (unpaired) electrons. The zero-order valence-electron chi connectivity index (χ0n) is 14.1. The molecule has 1 aliphatic carbocycles. The lowest BCUT2D eigenvalue weighted by atomic mass is 10.1. The molecule has 2 heterocycles. The van der Waals surface area contributed by atoms with E-state index in [-0.39, 0.29) is 5.56 Å². The van der Waals surface area contributed by atoms with Crippen LogP contribution >= 0.6 is 0 Å². The van der Waals surface area contributed by atoms with Gasteiger partial charge >= 0.3 is 0 Å². The number of hydrogen-bond acceptors (Lipinski definition) is 3. The molecular formula is C20H21N3O. The molecule has 122 valence electrons. The fourth-order valence-electron chi connectivity index (χ4n) is 3.75. The van der Waals surface area contributed by atoms with Crippen molar-refractivity contribution in [3.8, 4) is 0 Å². The molecule has 4 heteroatoms. The van der Waals surface area contributed by atoms with Gasteiger partial charge in [0.1, 0.15) is 5.65 Å². The van der Waals surface area contributed by atoms with E-state index in [1.54, 1.807) is 16.7 Å². The van der Waals surface area contributed by atoms with Crippen LogP contribution in [-0.2, 0) is 13.0 Å². The van der Waals surface area contributed by atoms with Crippen LogP contribution in [0.2, 0.25) is 0 Å². The van der Waals surface area contributed by atoms with E-state index >= 15 is 0 Å². The Labute approximate surface area is 141 Å². The molecule has 0 spiro atoms. The highest BCUT2D eigenvalue weighted by Gasteiger charge is 2.25. The Morgan fingerprint density at radius 1 is 1.25 bits per heavy atom. The molecule has 0 bridgehead atoms. The second kappa shape index (κ2) is 5.87. The predicted molar refractivity (Wildman–Crippen MR) is 95.2 cm³/mol. The van der Waals surface area contributed by atoms with E-state index in [1.807, 2.05) is 19.1 Å². The van der Waals surface area contributed by atoms with Crippen molar-refractivity contribution in [3.05, 3.63) is 81.4 Å². The van der Waals surface area contributed by atoms with Crippen LogP contribution in [0.5, 0.6) is 0 Å². The summed E-state index contributed by atoms with van der Waals surface area (Å²) in [4.78, 5) is 19.4. The molecule has 1 aliphatic rings. The van der Waals surface area contributed by atoms with Gasteiger partial charge in [-0.15, -0.1) is 0 Å². The van der Waals surface area contributed by atoms with Crippen molar-refractivity contribution in [2.45, 2.75) is 32.4 Å². The van der Waals surface area contributed by atoms with Gasteiger partial charge in [-0.2, -0.15) is 0 Å². The van der Waals surface area contributed by atoms with Gasteiger partial charge in [0.05, 0.1) is 5.69 Å². The van der Waals surface area contributed by atoms with Gasteiger partial charge in [0.25, 0.3) is 5.56 Å². The molecule has 0 saturated heterocycles. The van der Waals surface area contributed by atoms with Gasteiger partial charge in [-0.25, -0.2) is 4.98 Å². The maximum atomic E-state index is 12.4. The third-order valence-electron chi connectivity index (χ3n) is 4.98. The average Bonchev–Trinajstić information content (AvgIpc) is 3.00. The van der Waals surface area contributed by atoms with Crippen molar-refractivity contribution >= 4 is 5.65 Å². The first-order valence-electron chi connectivity index (χ1n) is 8.39. The highest BCUT2D eigenvalue weighted by atomic mass is 16.1. The monoisotopic (exact) mass is 319 g/mol. The predicted octanol–water partition coefficient (Wildman–Crippen LogP) is 3.12. The first-order valence-corrected chi connectivity index (χ1v) is 8.39. The minimum Gasteiger partial charge on any atom is -0.294 e. The normalized spacial score (nSPS) is 16.7. The number of fused-ring (bicyclic) bond motifs is 2. The smallest absolute Gasteiger partial charge is 0.258 e. The molecule has 0 saturated carbocycles. The summed E-state index contributed by atoms with van der Waals surface area (Å²) in [5.41, 5.74) is 5.44. The number of aryl methyl sites for hydroxylation is 2. The van der Waals surface area contributed by atoms with Gasteiger partial charge in [0, 0.05) is 24.8 Å². The number of benzene rings is 1. The number of rotatable bonds is 3. The van der Waals surface area contributed by atoms with E-state index in [4.69, 9.17) is 4.98 Å². The van der Waals surface area contributed by atoms with Crippen molar-refractivity contribution in [1.82, 2.24) is 14.3 Å². The largest absolute Gasteiger partial charge is 0.294 e. The van der Waals surface area contributed by atoms with Crippen molar-refractivity contribution < 1.29 is 0 Å². The van der Waals surface area contributed by atoms with Crippen molar-refractivity contribution in [2.75, 3.05) is 7.05 Å². The Hall–Kier alpha value is -2.46. The first-order chi connectivity index (χ1) is 11.6. The topological polar surface area (TPSA) is 37.6 Å². The van der Waals surface area contributed by atoms with E-state index in [0.29, 0.717) is 12.6 Å². The van der Waals surface area contributed by atoms with Gasteiger partial charge in [0.15, 0.2) is 0 Å². The van der Waals surface area contributed by atoms with Crippen LogP contribution in [0.4, 0.5) is 0 Å². The minimum atomic E-state index is -0.0149. The summed E-state index contributed by atoms with van der Waals surface area (Å²) < 4.78 is 1.61. The maximum Gasteiger partial charge on any atom is 0.258 e. The van der Waals surface area contributed by atoms with Gasteiger partial charge in [-0.3, -0.25) is 14.1 Å². The zero-order chi connectivity index (χ0) is 16.7. The molecule has 0 amide bonds. The second-order valence-corrected chi connectivity index (χ2v) is 6.64. The quantitative estimate of drug-likeness (QED) is 0.744. The van der Waals surface area contributed by atoms with Crippen molar-refractivity contribution in [2.24, 2.45) is 0 Å². The van der Waals surface area contributed by atoms with E-state index in [0.717, 1.165) is 29.7 Å². The summed E-state index contributed by atoms with van der Waals surface area (Å²) in [7, 11) is 2.12. The summed E-state index contributed by atoms with van der Waals surface area (Å²) in [5.74, 6) is 0. The first kappa shape index (κ1) is 15.1. The van der Waals surface area contributed by atoms with Crippen LogP contribution in [0.25, 0.3) is 5.65 Å². The molecule has 4 rings (SSSR count). The lowest BCUT2D eigenvalue weighted by Crippen LogP contribution is -2.25. The van der Waals surface area contributed by atoms with E-state index in [9.17, 15) is 4.79 Å². The lowest BCUT2D eigenvalue weighted by Gasteiger charge is -2.25. The van der Waals surface area contributed by atoms with E-state index in [2.05, 4.69) is 36.2 Å². The molecule has 4 nitrogen and oxygen atoms in total. The molecule has 1 atom stereocenters. The highest BCUT2D eigenvalue weighted by Crippen LogP contribution is 2.35. The van der Waals surface area contributed by atoms with Crippen LogP contribution in [0.15, 0.2) is 53.5 Å². The van der Waals surface area contributed by atoms with Crippen molar-refractivity contribution in [1.29, 1.82) is 0 Å². The Morgan fingerprint density at radius 2 is 2.08 bits per heavy atom. The molecule has 1 aromatic carbocycles. The molecule has 0 fully saturated rings. The van der Waals surface area contributed by atoms with Gasteiger partial charge in [-0.1, -0.05) is 30.3 Å². The van der Waals surface area contributed by atoms with Crippen LogP contribution in [0, 0.1) is 6.92 Å². The van der Waals surface area contributed by atoms with Crippen LogP contribution < -0.4 is 5.56 Å². The number of pyridine rings is 1. The molecule has 0 unspecified atom stereocenters. The summed E-state index contributed by atoms with van der Waals surface area (Å²) in [5, 5.41) is 0. The summed E-state index contributed by atoms with van der Waals surface area (Å²) in [6, 6.07) is 14.6. The number of nitrogens with zero attached hydrogens (tertiary/aromatic N) is 3. The van der Waals surface area contributed by atoms with Crippen LogP contribution in [0.1, 0.15) is 34.8 Å². The Bertz CT molecular complexity index is 961. The van der Waals surface area contributed by atoms with Gasteiger partial charge in [0.2, 0.25) is 0 Å². The van der Waals surface area contributed by atoms with Gasteiger partial charge in [-0.05, 0) is 49.6 Å². The van der Waals surface area contributed by atoms with Crippen molar-refractivity contribution in [3.63, 3.8) is 0 Å². The summed E-state index contributed by atoms with van der Waals surface area (Å²) >= 11 is 0. The third kappa shape index (κ3) is 2.53. The lowest BCUT2D eigenvalue weighted by molar-refractivity contribution is 0.233. The Kier molecular flexibility index (Phi) is 3.69. The molecule has 0 aliphatic heterocycles. The molecule has 2 aromatic heterocycles. The summed E-state index contributed by atoms with van der Waals surface area (Å²) in [6.07, 6.45) is 4.03. The number of hydrogen-bond donors (Lipinski definition) is 0. The fourth-order valence-corrected chi connectivity index (χ4v) is 3.75. The molecule has 24 heavy (non-hydrogen) atoms.